The van der Waals surface area contributed by atoms with Crippen LogP contribution in [0.1, 0.15) is 35.3 Å². The fourth-order valence-electron chi connectivity index (χ4n) is 3.62. The largest absolute Gasteiger partial charge is 0.490 e. The van der Waals surface area contributed by atoms with Crippen molar-refractivity contribution in [2.24, 2.45) is 4.99 Å². The lowest BCUT2D eigenvalue weighted by Crippen LogP contribution is -2.28. The van der Waals surface area contributed by atoms with Crippen LogP contribution in [0, 0.1) is 5.82 Å². The summed E-state index contributed by atoms with van der Waals surface area (Å²) in [5.41, 5.74) is 2.25. The zero-order valence-corrected chi connectivity index (χ0v) is 23.0. The molecule has 0 atom stereocenters. The zero-order chi connectivity index (χ0) is 27.2. The Kier molecular flexibility index (Phi) is 8.85. The second-order valence-corrected chi connectivity index (χ2v) is 9.95. The standard InChI is InChI=1S/C28H24BrFN2O5S/c1-3-32-26(33)24(38-28(32)31-21-11-7-19(8-12-21)27(34)35)15-18-13-22(29)25(23(14-18)36-4-2)37-16-17-5-9-20(30)10-6-17/h5-15H,3-4,16H2,1-2H3,(H,34,35). The molecule has 0 unspecified atom stereocenters. The van der Waals surface area contributed by atoms with E-state index in [-0.39, 0.29) is 23.9 Å². The summed E-state index contributed by atoms with van der Waals surface area (Å²) in [5, 5.41) is 9.61. The van der Waals surface area contributed by atoms with Gasteiger partial charge < -0.3 is 14.6 Å². The van der Waals surface area contributed by atoms with Crippen LogP contribution in [0.5, 0.6) is 11.5 Å². The molecule has 1 aliphatic rings. The molecule has 10 heteroatoms. The number of halogens is 2. The van der Waals surface area contributed by atoms with E-state index in [4.69, 9.17) is 14.6 Å². The SMILES string of the molecule is CCOc1cc(C=C2SC(=Nc3ccc(C(=O)O)cc3)N(CC)C2=O)cc(Br)c1OCc1ccc(F)cc1. The summed E-state index contributed by atoms with van der Waals surface area (Å²) in [5.74, 6) is -0.492. The van der Waals surface area contributed by atoms with Crippen LogP contribution in [0.15, 0.2) is 75.0 Å². The average molecular weight is 599 g/mol. The Balaban J connectivity index is 1.59. The number of hydrogen-bond donors (Lipinski definition) is 1. The number of carboxylic acids is 1. The lowest BCUT2D eigenvalue weighted by molar-refractivity contribution is -0.122. The summed E-state index contributed by atoms with van der Waals surface area (Å²) in [6.07, 6.45) is 1.77. The maximum Gasteiger partial charge on any atom is 0.335 e. The topological polar surface area (TPSA) is 88.4 Å². The second-order valence-electron chi connectivity index (χ2n) is 8.08. The number of aromatic carboxylic acids is 1. The van der Waals surface area contributed by atoms with Crippen molar-refractivity contribution < 1.29 is 28.6 Å². The molecule has 7 nitrogen and oxygen atoms in total. The number of carbonyl (C=O) groups excluding carboxylic acids is 1. The minimum atomic E-state index is -1.01. The smallest absolute Gasteiger partial charge is 0.335 e. The molecule has 3 aromatic carbocycles. The van der Waals surface area contributed by atoms with Gasteiger partial charge in [-0.2, -0.15) is 0 Å². The van der Waals surface area contributed by atoms with Crippen LogP contribution in [0.2, 0.25) is 0 Å². The first-order valence-corrected chi connectivity index (χ1v) is 13.4. The molecule has 0 aliphatic carbocycles. The number of ether oxygens (including phenoxy) is 2. The molecule has 1 amide bonds. The van der Waals surface area contributed by atoms with Crippen LogP contribution in [-0.4, -0.2) is 40.2 Å². The summed E-state index contributed by atoms with van der Waals surface area (Å²) in [4.78, 5) is 30.8. The van der Waals surface area contributed by atoms with Crippen LogP contribution in [-0.2, 0) is 11.4 Å². The van der Waals surface area contributed by atoms with Crippen LogP contribution in [0.25, 0.3) is 6.08 Å². The first-order valence-electron chi connectivity index (χ1n) is 11.8. The second kappa shape index (κ2) is 12.3. The van der Waals surface area contributed by atoms with E-state index in [2.05, 4.69) is 20.9 Å². The number of nitrogens with zero attached hydrogens (tertiary/aromatic N) is 2. The van der Waals surface area contributed by atoms with Gasteiger partial charge in [-0.25, -0.2) is 14.2 Å². The van der Waals surface area contributed by atoms with Crippen LogP contribution >= 0.6 is 27.7 Å². The predicted molar refractivity (Wildman–Crippen MR) is 149 cm³/mol. The molecule has 196 valence electrons. The lowest BCUT2D eigenvalue weighted by atomic mass is 10.1. The molecule has 0 aromatic heterocycles. The Morgan fingerprint density at radius 3 is 2.45 bits per heavy atom. The van der Waals surface area contributed by atoms with Gasteiger partial charge >= 0.3 is 5.97 Å². The molecule has 38 heavy (non-hydrogen) atoms. The van der Waals surface area contributed by atoms with Gasteiger partial charge in [-0.3, -0.25) is 9.69 Å². The molecule has 3 aromatic rings. The summed E-state index contributed by atoms with van der Waals surface area (Å²) in [7, 11) is 0. The van der Waals surface area contributed by atoms with E-state index < -0.39 is 5.97 Å². The van der Waals surface area contributed by atoms with E-state index in [1.165, 1.54) is 36.0 Å². The van der Waals surface area contributed by atoms with Crippen LogP contribution in [0.3, 0.4) is 0 Å². The van der Waals surface area contributed by atoms with Gasteiger partial charge in [0.05, 0.1) is 27.2 Å². The number of likely N-dealkylation sites (N-methyl/N-ethyl adjacent to an activating group) is 1. The summed E-state index contributed by atoms with van der Waals surface area (Å²) >= 11 is 4.80. The predicted octanol–water partition coefficient (Wildman–Crippen LogP) is 6.89. The molecule has 1 fully saturated rings. The van der Waals surface area contributed by atoms with Crippen molar-refractivity contribution in [2.45, 2.75) is 20.5 Å². The summed E-state index contributed by atoms with van der Waals surface area (Å²) in [6, 6.07) is 15.9. The molecule has 1 aliphatic heterocycles. The summed E-state index contributed by atoms with van der Waals surface area (Å²) < 4.78 is 25.7. The van der Waals surface area contributed by atoms with Crippen molar-refractivity contribution in [2.75, 3.05) is 13.2 Å². The summed E-state index contributed by atoms with van der Waals surface area (Å²) in [6.45, 7) is 4.80. The van der Waals surface area contributed by atoms with Crippen molar-refractivity contribution in [1.82, 2.24) is 4.90 Å². The van der Waals surface area contributed by atoms with Crippen molar-refractivity contribution in [3.05, 3.63) is 92.5 Å². The van der Waals surface area contributed by atoms with E-state index in [0.29, 0.717) is 44.9 Å². The number of carbonyl (C=O) groups is 2. The van der Waals surface area contributed by atoms with Crippen molar-refractivity contribution in [3.63, 3.8) is 0 Å². The van der Waals surface area contributed by atoms with Gasteiger partial charge in [0.15, 0.2) is 16.7 Å². The van der Waals surface area contributed by atoms with Crippen LogP contribution < -0.4 is 9.47 Å². The van der Waals surface area contributed by atoms with E-state index >= 15 is 0 Å². The number of rotatable bonds is 9. The number of amides is 1. The van der Waals surface area contributed by atoms with Gasteiger partial charge in [-0.05, 0) is 107 Å². The Labute approximate surface area is 232 Å². The van der Waals surface area contributed by atoms with Gasteiger partial charge in [-0.1, -0.05) is 12.1 Å². The van der Waals surface area contributed by atoms with Crippen molar-refractivity contribution in [1.29, 1.82) is 0 Å². The van der Waals surface area contributed by atoms with E-state index in [0.717, 1.165) is 11.1 Å². The highest BCUT2D eigenvalue weighted by Crippen LogP contribution is 2.40. The van der Waals surface area contributed by atoms with Gasteiger partial charge in [0.25, 0.3) is 5.91 Å². The van der Waals surface area contributed by atoms with E-state index in [1.54, 1.807) is 41.3 Å². The third kappa shape index (κ3) is 6.43. The van der Waals surface area contributed by atoms with Gasteiger partial charge in [0.1, 0.15) is 12.4 Å². The molecule has 1 N–H and O–H groups in total. The van der Waals surface area contributed by atoms with Gasteiger partial charge in [0, 0.05) is 6.54 Å². The quantitative estimate of drug-likeness (QED) is 0.270. The molecule has 0 radical (unpaired) electrons. The fraction of sp³-hybridized carbons (Fsp3) is 0.179. The number of hydrogen-bond acceptors (Lipinski definition) is 6. The Bertz CT molecular complexity index is 1410. The highest BCUT2D eigenvalue weighted by Gasteiger charge is 2.32. The maximum absolute atomic E-state index is 13.2. The highest BCUT2D eigenvalue weighted by atomic mass is 79.9. The molecular weight excluding hydrogens is 575 g/mol. The normalized spacial score (nSPS) is 15.4. The molecule has 4 rings (SSSR count). The lowest BCUT2D eigenvalue weighted by Gasteiger charge is -2.15. The Hall–Kier alpha value is -3.63. The van der Waals surface area contributed by atoms with Crippen molar-refractivity contribution >= 4 is 56.5 Å². The first-order chi connectivity index (χ1) is 18.3. The molecule has 0 bridgehead atoms. The molecule has 1 saturated heterocycles. The molecule has 0 spiro atoms. The number of aliphatic imine (C=N–C) groups is 1. The molecule has 0 saturated carbocycles. The molecular formula is C28H24BrFN2O5S. The minimum Gasteiger partial charge on any atom is -0.490 e. The average Bonchev–Trinajstić information content (AvgIpc) is 3.18. The maximum atomic E-state index is 13.2. The Morgan fingerprint density at radius 1 is 1.11 bits per heavy atom. The number of amidine groups is 1. The fourth-order valence-corrected chi connectivity index (χ4v) is 5.26. The molecule has 1 heterocycles. The minimum absolute atomic E-state index is 0.165. The van der Waals surface area contributed by atoms with Gasteiger partial charge in [0.2, 0.25) is 0 Å². The first kappa shape index (κ1) is 27.4. The van der Waals surface area contributed by atoms with E-state index in [9.17, 15) is 14.0 Å². The Morgan fingerprint density at radius 2 is 1.82 bits per heavy atom. The number of benzene rings is 3. The van der Waals surface area contributed by atoms with Crippen molar-refractivity contribution in [3.8, 4) is 11.5 Å². The highest BCUT2D eigenvalue weighted by molar-refractivity contribution is 9.10. The van der Waals surface area contributed by atoms with Gasteiger partial charge in [-0.15, -0.1) is 0 Å². The monoisotopic (exact) mass is 598 g/mol. The van der Waals surface area contributed by atoms with Crippen LogP contribution in [0.4, 0.5) is 10.1 Å². The van der Waals surface area contributed by atoms with E-state index in [1.807, 2.05) is 19.9 Å². The zero-order valence-electron chi connectivity index (χ0n) is 20.6. The number of thioether (sulfide) groups is 1. The number of carboxylic acid groups (broad SMARTS) is 1. The third-order valence-corrected chi connectivity index (χ3v) is 7.06. The third-order valence-electron chi connectivity index (χ3n) is 5.47.